The van der Waals surface area contributed by atoms with Crippen LogP contribution in [-0.4, -0.2) is 20.6 Å². The van der Waals surface area contributed by atoms with Gasteiger partial charge in [0, 0.05) is 13.5 Å². The van der Waals surface area contributed by atoms with Crippen LogP contribution in [0, 0.1) is 0 Å². The van der Waals surface area contributed by atoms with Crippen LogP contribution in [0.1, 0.15) is 18.4 Å². The van der Waals surface area contributed by atoms with Gasteiger partial charge in [-0.15, -0.1) is 0 Å². The van der Waals surface area contributed by atoms with Gasteiger partial charge in [0.15, 0.2) is 0 Å². The van der Waals surface area contributed by atoms with E-state index in [2.05, 4.69) is 4.98 Å². The van der Waals surface area contributed by atoms with Gasteiger partial charge < -0.3 is 9.67 Å². The van der Waals surface area contributed by atoms with Gasteiger partial charge in [0.05, 0.1) is 17.4 Å². The summed E-state index contributed by atoms with van der Waals surface area (Å²) in [5.74, 6) is -0.737. The van der Waals surface area contributed by atoms with E-state index in [1.54, 1.807) is 6.33 Å². The Labute approximate surface area is 93.5 Å². The van der Waals surface area contributed by atoms with Crippen molar-refractivity contribution in [3.05, 3.63) is 30.1 Å². The minimum absolute atomic E-state index is 0.222. The fraction of sp³-hybridized carbons (Fsp3) is 0.333. The number of carboxylic acid groups (broad SMARTS) is 1. The van der Waals surface area contributed by atoms with Crippen molar-refractivity contribution in [3.8, 4) is 0 Å². The summed E-state index contributed by atoms with van der Waals surface area (Å²) in [5, 5.41) is 8.55. The molecule has 0 aliphatic rings. The molecule has 0 spiro atoms. The van der Waals surface area contributed by atoms with E-state index in [0.717, 1.165) is 23.0 Å². The summed E-state index contributed by atoms with van der Waals surface area (Å²) >= 11 is 0. The van der Waals surface area contributed by atoms with Crippen molar-refractivity contribution in [3.63, 3.8) is 0 Å². The van der Waals surface area contributed by atoms with Gasteiger partial charge in [-0.25, -0.2) is 4.98 Å². The molecular weight excluding hydrogens is 204 g/mol. The molecule has 0 saturated heterocycles. The number of nitrogens with zero attached hydrogens (tertiary/aromatic N) is 2. The Morgan fingerprint density at radius 3 is 3.06 bits per heavy atom. The van der Waals surface area contributed by atoms with Gasteiger partial charge in [0.1, 0.15) is 0 Å². The van der Waals surface area contributed by atoms with Crippen molar-refractivity contribution in [2.75, 3.05) is 0 Å². The molecule has 4 nitrogen and oxygen atoms in total. The van der Waals surface area contributed by atoms with E-state index in [1.807, 2.05) is 29.8 Å². The zero-order valence-corrected chi connectivity index (χ0v) is 9.18. The fourth-order valence-corrected chi connectivity index (χ4v) is 1.78. The van der Waals surface area contributed by atoms with Gasteiger partial charge >= 0.3 is 5.97 Å². The summed E-state index contributed by atoms with van der Waals surface area (Å²) in [4.78, 5) is 14.7. The van der Waals surface area contributed by atoms with Crippen LogP contribution in [0.15, 0.2) is 24.5 Å². The lowest BCUT2D eigenvalue weighted by molar-refractivity contribution is -0.137. The first-order valence-corrected chi connectivity index (χ1v) is 5.28. The Balaban J connectivity index is 2.11. The first-order valence-electron chi connectivity index (χ1n) is 5.28. The zero-order valence-electron chi connectivity index (χ0n) is 9.18. The lowest BCUT2D eigenvalue weighted by Crippen LogP contribution is -1.95. The molecule has 1 aromatic heterocycles. The standard InChI is InChI=1S/C12H14N2O2/c1-14-8-13-10-7-9(5-6-11(10)14)3-2-4-12(15)16/h5-8H,2-4H2,1H3,(H,15,16). The summed E-state index contributed by atoms with van der Waals surface area (Å²) in [7, 11) is 1.96. The monoisotopic (exact) mass is 218 g/mol. The van der Waals surface area contributed by atoms with E-state index in [-0.39, 0.29) is 6.42 Å². The van der Waals surface area contributed by atoms with Crippen LogP contribution in [0.3, 0.4) is 0 Å². The molecule has 2 rings (SSSR count). The number of benzene rings is 1. The predicted molar refractivity (Wildman–Crippen MR) is 61.3 cm³/mol. The summed E-state index contributed by atoms with van der Waals surface area (Å²) < 4.78 is 1.97. The number of hydrogen-bond donors (Lipinski definition) is 1. The second-order valence-corrected chi connectivity index (χ2v) is 3.93. The summed E-state index contributed by atoms with van der Waals surface area (Å²) in [6.07, 6.45) is 3.47. The lowest BCUT2D eigenvalue weighted by atomic mass is 10.1. The molecule has 0 unspecified atom stereocenters. The Kier molecular flexibility index (Phi) is 2.90. The first-order chi connectivity index (χ1) is 7.66. The summed E-state index contributed by atoms with van der Waals surface area (Å²) in [6, 6.07) is 6.08. The van der Waals surface area contributed by atoms with E-state index in [1.165, 1.54) is 0 Å². The molecule has 0 aliphatic heterocycles. The molecule has 2 aromatic rings. The number of imidazole rings is 1. The molecule has 4 heteroatoms. The SMILES string of the molecule is Cn1cnc2cc(CCCC(=O)O)ccc21. The maximum absolute atomic E-state index is 10.4. The van der Waals surface area contributed by atoms with E-state index in [9.17, 15) is 4.79 Å². The fourth-order valence-electron chi connectivity index (χ4n) is 1.78. The molecule has 0 atom stereocenters. The molecule has 0 bridgehead atoms. The van der Waals surface area contributed by atoms with E-state index in [4.69, 9.17) is 5.11 Å². The lowest BCUT2D eigenvalue weighted by Gasteiger charge is -2.00. The van der Waals surface area contributed by atoms with Gasteiger partial charge in [0.25, 0.3) is 0 Å². The van der Waals surface area contributed by atoms with E-state index in [0.29, 0.717) is 6.42 Å². The van der Waals surface area contributed by atoms with E-state index < -0.39 is 5.97 Å². The molecule has 1 N–H and O–H groups in total. The highest BCUT2D eigenvalue weighted by molar-refractivity contribution is 5.76. The van der Waals surface area contributed by atoms with Gasteiger partial charge in [0.2, 0.25) is 0 Å². The maximum Gasteiger partial charge on any atom is 0.303 e. The van der Waals surface area contributed by atoms with Crippen LogP contribution in [0.4, 0.5) is 0 Å². The Hall–Kier alpha value is -1.84. The van der Waals surface area contributed by atoms with Crippen LogP contribution >= 0.6 is 0 Å². The average Bonchev–Trinajstić information content (AvgIpc) is 2.60. The Morgan fingerprint density at radius 1 is 1.50 bits per heavy atom. The normalized spacial score (nSPS) is 10.8. The topological polar surface area (TPSA) is 55.1 Å². The van der Waals surface area contributed by atoms with Gasteiger partial charge in [-0.2, -0.15) is 0 Å². The molecule has 84 valence electrons. The highest BCUT2D eigenvalue weighted by Crippen LogP contribution is 2.15. The maximum atomic E-state index is 10.4. The third-order valence-corrected chi connectivity index (χ3v) is 2.65. The van der Waals surface area contributed by atoms with Gasteiger partial charge in [-0.3, -0.25) is 4.79 Å². The van der Waals surface area contributed by atoms with Crippen molar-refractivity contribution in [1.29, 1.82) is 0 Å². The summed E-state index contributed by atoms with van der Waals surface area (Å²) in [5.41, 5.74) is 3.21. The number of aromatic nitrogens is 2. The molecule has 16 heavy (non-hydrogen) atoms. The Morgan fingerprint density at radius 2 is 2.31 bits per heavy atom. The predicted octanol–water partition coefficient (Wildman–Crippen LogP) is 1.98. The van der Waals surface area contributed by atoms with Crippen LogP contribution in [0.5, 0.6) is 0 Å². The van der Waals surface area contributed by atoms with Crippen molar-refractivity contribution >= 4 is 17.0 Å². The molecule has 0 amide bonds. The third-order valence-electron chi connectivity index (χ3n) is 2.65. The van der Waals surface area contributed by atoms with Crippen LogP contribution in [0.25, 0.3) is 11.0 Å². The van der Waals surface area contributed by atoms with Crippen molar-refractivity contribution in [1.82, 2.24) is 9.55 Å². The van der Waals surface area contributed by atoms with E-state index >= 15 is 0 Å². The molecule has 0 radical (unpaired) electrons. The molecule has 0 saturated carbocycles. The highest BCUT2D eigenvalue weighted by Gasteiger charge is 2.02. The largest absolute Gasteiger partial charge is 0.481 e. The number of aryl methyl sites for hydroxylation is 2. The van der Waals surface area contributed by atoms with Crippen molar-refractivity contribution in [2.45, 2.75) is 19.3 Å². The number of aliphatic carboxylic acids is 1. The second-order valence-electron chi connectivity index (χ2n) is 3.93. The first kappa shape index (κ1) is 10.7. The highest BCUT2D eigenvalue weighted by atomic mass is 16.4. The number of carboxylic acids is 1. The molecule has 0 aliphatic carbocycles. The summed E-state index contributed by atoms with van der Waals surface area (Å²) in [6.45, 7) is 0. The minimum Gasteiger partial charge on any atom is -0.481 e. The zero-order chi connectivity index (χ0) is 11.5. The number of carbonyl (C=O) groups is 1. The molecule has 0 fully saturated rings. The second kappa shape index (κ2) is 4.35. The van der Waals surface area contributed by atoms with Gasteiger partial charge in [-0.05, 0) is 30.5 Å². The smallest absolute Gasteiger partial charge is 0.303 e. The number of fused-ring (bicyclic) bond motifs is 1. The van der Waals surface area contributed by atoms with Gasteiger partial charge in [-0.1, -0.05) is 6.07 Å². The molecule has 1 heterocycles. The van der Waals surface area contributed by atoms with Crippen molar-refractivity contribution in [2.24, 2.45) is 7.05 Å². The van der Waals surface area contributed by atoms with Crippen LogP contribution in [0.2, 0.25) is 0 Å². The van der Waals surface area contributed by atoms with Crippen LogP contribution in [-0.2, 0) is 18.3 Å². The Bertz CT molecular complexity index is 517. The minimum atomic E-state index is -0.737. The average molecular weight is 218 g/mol. The molecule has 1 aromatic carbocycles. The van der Waals surface area contributed by atoms with Crippen LogP contribution < -0.4 is 0 Å². The third kappa shape index (κ3) is 2.21. The number of rotatable bonds is 4. The van der Waals surface area contributed by atoms with Crippen molar-refractivity contribution < 1.29 is 9.90 Å². The molecular formula is C12H14N2O2. The number of hydrogen-bond acceptors (Lipinski definition) is 2. The quantitative estimate of drug-likeness (QED) is 0.853.